The largest absolute Gasteiger partial charge is 0.321 e. The van der Waals surface area contributed by atoms with Gasteiger partial charge in [-0.3, -0.25) is 4.79 Å². The van der Waals surface area contributed by atoms with Crippen molar-refractivity contribution in [3.63, 3.8) is 0 Å². The van der Waals surface area contributed by atoms with Crippen molar-refractivity contribution < 1.29 is 4.79 Å². The van der Waals surface area contributed by atoms with E-state index in [1.54, 1.807) is 12.4 Å². The molecule has 2 aromatic carbocycles. The van der Waals surface area contributed by atoms with Gasteiger partial charge in [-0.05, 0) is 25.1 Å². The average molecular weight is 372 g/mol. The van der Waals surface area contributed by atoms with Gasteiger partial charge in [0.15, 0.2) is 0 Å². The first-order chi connectivity index (χ1) is 13.2. The molecule has 1 amide bonds. The molecule has 0 aliphatic heterocycles. The molecule has 132 valence electrons. The summed E-state index contributed by atoms with van der Waals surface area (Å²) in [5.41, 5.74) is 3.46. The highest BCUT2D eigenvalue weighted by molar-refractivity contribution is 7.17. The maximum absolute atomic E-state index is 12.6. The number of benzene rings is 2. The average Bonchev–Trinajstić information content (AvgIpc) is 3.19. The van der Waals surface area contributed by atoms with Crippen LogP contribution in [0.2, 0.25) is 0 Å². The highest BCUT2D eigenvalue weighted by Gasteiger charge is 2.12. The predicted molar refractivity (Wildman–Crippen MR) is 108 cm³/mol. The van der Waals surface area contributed by atoms with Crippen LogP contribution >= 0.6 is 11.3 Å². The molecule has 0 fully saturated rings. The number of rotatable bonds is 4. The summed E-state index contributed by atoms with van der Waals surface area (Å²) in [5, 5.41) is 3.76. The molecule has 0 saturated heterocycles. The lowest BCUT2D eigenvalue weighted by molar-refractivity contribution is 0.103. The van der Waals surface area contributed by atoms with Crippen LogP contribution in [0.3, 0.4) is 0 Å². The fourth-order valence-electron chi connectivity index (χ4n) is 2.66. The van der Waals surface area contributed by atoms with Crippen molar-refractivity contribution >= 4 is 22.9 Å². The predicted octanol–water partition coefficient (Wildman–Crippen LogP) is 4.83. The number of carbonyl (C=O) groups is 1. The van der Waals surface area contributed by atoms with E-state index in [4.69, 9.17) is 0 Å². The van der Waals surface area contributed by atoms with Crippen LogP contribution in [0.25, 0.3) is 21.8 Å². The number of anilines is 1. The second kappa shape index (κ2) is 7.47. The molecule has 0 bridgehead atoms. The lowest BCUT2D eigenvalue weighted by Crippen LogP contribution is -2.10. The van der Waals surface area contributed by atoms with Crippen LogP contribution < -0.4 is 5.32 Å². The molecule has 6 heteroatoms. The van der Waals surface area contributed by atoms with Crippen LogP contribution in [-0.4, -0.2) is 20.9 Å². The zero-order valence-electron chi connectivity index (χ0n) is 14.6. The Labute approximate surface area is 160 Å². The molecule has 1 N–H and O–H groups in total. The van der Waals surface area contributed by atoms with Gasteiger partial charge < -0.3 is 5.32 Å². The SMILES string of the molecule is Cc1nccc(-c2cccc(NC(=O)c3cnc(-c4ccccc4)s3)c2)n1. The number of carbonyl (C=O) groups excluding carboxylic acids is 1. The number of hydrogen-bond acceptors (Lipinski definition) is 5. The molecule has 5 nitrogen and oxygen atoms in total. The van der Waals surface area contributed by atoms with Crippen LogP contribution in [0.5, 0.6) is 0 Å². The van der Waals surface area contributed by atoms with E-state index in [2.05, 4.69) is 20.3 Å². The molecule has 0 spiro atoms. The number of aromatic nitrogens is 3. The van der Waals surface area contributed by atoms with Gasteiger partial charge in [-0.2, -0.15) is 0 Å². The van der Waals surface area contributed by atoms with E-state index in [-0.39, 0.29) is 5.91 Å². The Morgan fingerprint density at radius 2 is 1.78 bits per heavy atom. The molecule has 27 heavy (non-hydrogen) atoms. The zero-order valence-corrected chi connectivity index (χ0v) is 15.4. The molecular formula is C21H16N4OS. The third-order valence-corrected chi connectivity index (χ3v) is 4.99. The molecule has 0 saturated carbocycles. The van der Waals surface area contributed by atoms with Gasteiger partial charge in [0.05, 0.1) is 11.9 Å². The first kappa shape index (κ1) is 17.1. The Morgan fingerprint density at radius 1 is 0.963 bits per heavy atom. The quantitative estimate of drug-likeness (QED) is 0.557. The molecular weight excluding hydrogens is 356 g/mol. The fraction of sp³-hybridized carbons (Fsp3) is 0.0476. The van der Waals surface area contributed by atoms with Gasteiger partial charge in [0, 0.05) is 23.0 Å². The fourth-order valence-corrected chi connectivity index (χ4v) is 3.48. The normalized spacial score (nSPS) is 10.6. The molecule has 0 unspecified atom stereocenters. The van der Waals surface area contributed by atoms with Gasteiger partial charge >= 0.3 is 0 Å². The molecule has 0 atom stereocenters. The van der Waals surface area contributed by atoms with E-state index in [1.165, 1.54) is 11.3 Å². The van der Waals surface area contributed by atoms with E-state index in [9.17, 15) is 4.79 Å². The summed E-state index contributed by atoms with van der Waals surface area (Å²) in [4.78, 5) is 26.1. The second-order valence-corrected chi connectivity index (χ2v) is 6.95. The zero-order chi connectivity index (χ0) is 18.6. The summed E-state index contributed by atoms with van der Waals surface area (Å²) in [6.07, 6.45) is 3.34. The van der Waals surface area contributed by atoms with Gasteiger partial charge in [-0.15, -0.1) is 11.3 Å². The third-order valence-electron chi connectivity index (χ3n) is 3.94. The summed E-state index contributed by atoms with van der Waals surface area (Å²) >= 11 is 1.37. The topological polar surface area (TPSA) is 67.8 Å². The van der Waals surface area contributed by atoms with E-state index < -0.39 is 0 Å². The molecule has 0 radical (unpaired) electrons. The van der Waals surface area contributed by atoms with E-state index in [1.807, 2.05) is 67.6 Å². The van der Waals surface area contributed by atoms with Crippen LogP contribution in [0.4, 0.5) is 5.69 Å². The summed E-state index contributed by atoms with van der Waals surface area (Å²) in [7, 11) is 0. The highest BCUT2D eigenvalue weighted by atomic mass is 32.1. The summed E-state index contributed by atoms with van der Waals surface area (Å²) in [6, 6.07) is 19.3. The van der Waals surface area contributed by atoms with E-state index >= 15 is 0 Å². The lowest BCUT2D eigenvalue weighted by Gasteiger charge is -2.06. The maximum Gasteiger partial charge on any atom is 0.267 e. The second-order valence-electron chi connectivity index (χ2n) is 5.92. The van der Waals surface area contributed by atoms with Gasteiger partial charge in [0.25, 0.3) is 5.91 Å². The summed E-state index contributed by atoms with van der Waals surface area (Å²) in [5.74, 6) is 0.533. The summed E-state index contributed by atoms with van der Waals surface area (Å²) < 4.78 is 0. The maximum atomic E-state index is 12.6. The Morgan fingerprint density at radius 3 is 2.59 bits per heavy atom. The van der Waals surface area contributed by atoms with Crippen molar-refractivity contribution in [2.75, 3.05) is 5.32 Å². The minimum absolute atomic E-state index is 0.175. The van der Waals surface area contributed by atoms with Crippen molar-refractivity contribution in [2.45, 2.75) is 6.92 Å². The van der Waals surface area contributed by atoms with E-state index in [0.29, 0.717) is 16.4 Å². The van der Waals surface area contributed by atoms with Crippen molar-refractivity contribution in [3.8, 4) is 21.8 Å². The van der Waals surface area contributed by atoms with Gasteiger partial charge in [0.1, 0.15) is 15.7 Å². The number of nitrogens with zero attached hydrogens (tertiary/aromatic N) is 3. The molecule has 4 aromatic rings. The molecule has 4 rings (SSSR count). The van der Waals surface area contributed by atoms with E-state index in [0.717, 1.165) is 21.8 Å². The Kier molecular flexibility index (Phi) is 4.72. The molecule has 0 aliphatic carbocycles. The van der Waals surface area contributed by atoms with Crippen LogP contribution in [0, 0.1) is 6.92 Å². The van der Waals surface area contributed by atoms with Crippen molar-refractivity contribution in [2.24, 2.45) is 0 Å². The first-order valence-corrected chi connectivity index (χ1v) is 9.23. The van der Waals surface area contributed by atoms with Gasteiger partial charge in [-0.1, -0.05) is 42.5 Å². The number of thiazole rings is 1. The third kappa shape index (κ3) is 3.91. The Balaban J connectivity index is 1.54. The van der Waals surface area contributed by atoms with Gasteiger partial charge in [0.2, 0.25) is 0 Å². The number of nitrogens with one attached hydrogen (secondary N) is 1. The number of aryl methyl sites for hydroxylation is 1. The molecule has 2 aromatic heterocycles. The smallest absolute Gasteiger partial charge is 0.267 e. The van der Waals surface area contributed by atoms with Crippen LogP contribution in [-0.2, 0) is 0 Å². The monoisotopic (exact) mass is 372 g/mol. The van der Waals surface area contributed by atoms with Gasteiger partial charge in [-0.25, -0.2) is 15.0 Å². The van der Waals surface area contributed by atoms with Crippen LogP contribution in [0.1, 0.15) is 15.5 Å². The Hall–Kier alpha value is -3.38. The van der Waals surface area contributed by atoms with Crippen LogP contribution in [0.15, 0.2) is 73.1 Å². The Bertz CT molecular complexity index is 1090. The molecule has 2 heterocycles. The highest BCUT2D eigenvalue weighted by Crippen LogP contribution is 2.26. The molecule has 0 aliphatic rings. The van der Waals surface area contributed by atoms with Crippen molar-refractivity contribution in [3.05, 3.63) is 83.8 Å². The first-order valence-electron chi connectivity index (χ1n) is 8.42. The minimum Gasteiger partial charge on any atom is -0.321 e. The standard InChI is InChI=1S/C21H16N4OS/c1-14-22-11-10-18(24-14)16-8-5-9-17(12-16)25-20(26)19-13-23-21(27-19)15-6-3-2-4-7-15/h2-13H,1H3,(H,25,26). The van der Waals surface area contributed by atoms with Crippen molar-refractivity contribution in [1.29, 1.82) is 0 Å². The van der Waals surface area contributed by atoms with Crippen molar-refractivity contribution in [1.82, 2.24) is 15.0 Å². The minimum atomic E-state index is -0.175. The lowest BCUT2D eigenvalue weighted by atomic mass is 10.1. The number of amides is 1. The summed E-state index contributed by atoms with van der Waals surface area (Å²) in [6.45, 7) is 1.85. The number of hydrogen-bond donors (Lipinski definition) is 1.